The minimum absolute atomic E-state index is 0.0963. The molecule has 1 aromatic carbocycles. The van der Waals surface area contributed by atoms with Crippen LogP contribution >= 0.6 is 0 Å². The molecule has 1 fully saturated rings. The molecule has 0 bridgehead atoms. The van der Waals surface area contributed by atoms with Gasteiger partial charge < -0.3 is 15.4 Å². The van der Waals surface area contributed by atoms with E-state index in [9.17, 15) is 13.2 Å². The summed E-state index contributed by atoms with van der Waals surface area (Å²) < 4.78 is 27.2. The van der Waals surface area contributed by atoms with Crippen molar-refractivity contribution < 1.29 is 17.9 Å². The van der Waals surface area contributed by atoms with Gasteiger partial charge in [-0.25, -0.2) is 13.2 Å². The van der Waals surface area contributed by atoms with Gasteiger partial charge in [0.25, 0.3) is 0 Å². The maximum Gasteiger partial charge on any atom is 0.407 e. The number of benzene rings is 1. The second-order valence-corrected chi connectivity index (χ2v) is 7.92. The molecule has 1 aliphatic rings. The predicted molar refractivity (Wildman–Crippen MR) is 84.3 cm³/mol. The number of nitrogens with one attached hydrogen (secondary N) is 2. The lowest BCUT2D eigenvalue weighted by Gasteiger charge is -2.36. The highest BCUT2D eigenvalue weighted by atomic mass is 32.2. The van der Waals surface area contributed by atoms with E-state index in [0.29, 0.717) is 6.54 Å². The Balaban J connectivity index is 1.56. The molecule has 2 N–H and O–H groups in total. The van der Waals surface area contributed by atoms with Crippen LogP contribution in [0.3, 0.4) is 0 Å². The fourth-order valence-corrected chi connectivity index (χ4v) is 2.77. The second-order valence-electron chi connectivity index (χ2n) is 5.66. The molecule has 0 heterocycles. The Kier molecular flexibility index (Phi) is 5.79. The molecule has 0 spiro atoms. The summed E-state index contributed by atoms with van der Waals surface area (Å²) in [6.45, 7) is 0.712. The molecule has 0 aliphatic heterocycles. The molecule has 1 amide bonds. The molecule has 1 aromatic rings. The largest absolute Gasteiger partial charge is 0.445 e. The minimum Gasteiger partial charge on any atom is -0.445 e. The molecule has 2 rings (SSSR count). The highest BCUT2D eigenvalue weighted by Crippen LogP contribution is 2.19. The summed E-state index contributed by atoms with van der Waals surface area (Å²) in [5.41, 5.74) is 0.951. The molecule has 1 aliphatic carbocycles. The topological polar surface area (TPSA) is 84.5 Å². The molecule has 6 nitrogen and oxygen atoms in total. The molecule has 0 aromatic heterocycles. The summed E-state index contributed by atoms with van der Waals surface area (Å²) >= 11 is 0. The van der Waals surface area contributed by atoms with Crippen LogP contribution in [0.4, 0.5) is 4.79 Å². The van der Waals surface area contributed by atoms with E-state index in [1.54, 1.807) is 0 Å². The van der Waals surface area contributed by atoms with Crippen molar-refractivity contribution in [3.8, 4) is 0 Å². The summed E-state index contributed by atoms with van der Waals surface area (Å²) in [6, 6.07) is 9.87. The molecule has 22 heavy (non-hydrogen) atoms. The van der Waals surface area contributed by atoms with Gasteiger partial charge in [0, 0.05) is 24.9 Å². The molecule has 7 heteroatoms. The van der Waals surface area contributed by atoms with Crippen LogP contribution < -0.4 is 10.6 Å². The van der Waals surface area contributed by atoms with Gasteiger partial charge in [-0.3, -0.25) is 0 Å². The van der Waals surface area contributed by atoms with E-state index in [4.69, 9.17) is 4.74 Å². The van der Waals surface area contributed by atoms with E-state index in [-0.39, 0.29) is 24.4 Å². The molecular weight excluding hydrogens is 304 g/mol. The molecule has 0 radical (unpaired) electrons. The number of amides is 1. The molecule has 122 valence electrons. The zero-order valence-corrected chi connectivity index (χ0v) is 13.4. The van der Waals surface area contributed by atoms with E-state index in [1.165, 1.54) is 6.26 Å². The number of ether oxygens (including phenoxy) is 1. The van der Waals surface area contributed by atoms with Crippen molar-refractivity contribution in [1.29, 1.82) is 0 Å². The van der Waals surface area contributed by atoms with E-state index >= 15 is 0 Å². The normalized spacial score (nSPS) is 21.0. The quantitative estimate of drug-likeness (QED) is 0.783. The highest BCUT2D eigenvalue weighted by Gasteiger charge is 2.30. The average molecular weight is 326 g/mol. The number of hydrogen-bond donors (Lipinski definition) is 2. The number of alkyl carbamates (subject to hydrolysis) is 1. The molecule has 0 atom stereocenters. The summed E-state index contributed by atoms with van der Waals surface area (Å²) in [5, 5.41) is 5.97. The van der Waals surface area contributed by atoms with Crippen molar-refractivity contribution in [3.63, 3.8) is 0 Å². The van der Waals surface area contributed by atoms with Gasteiger partial charge in [0.05, 0.1) is 5.75 Å². The minimum atomic E-state index is -2.92. The Morgan fingerprint density at radius 1 is 1.23 bits per heavy atom. The standard InChI is InChI=1S/C15H22N2O4S/c1-22(19,20)8-7-16-13-9-14(10-13)17-15(18)21-11-12-5-3-2-4-6-12/h2-6,13-14,16H,7-11H2,1H3,(H,17,18). The summed E-state index contributed by atoms with van der Waals surface area (Å²) in [7, 11) is -2.92. The number of carbonyl (C=O) groups excluding carboxylic acids is 1. The van der Waals surface area contributed by atoms with Gasteiger partial charge in [-0.1, -0.05) is 30.3 Å². The Labute approximate surface area is 131 Å². The Bertz CT molecular complexity index is 583. The fourth-order valence-electron chi connectivity index (χ4n) is 2.28. The zero-order valence-electron chi connectivity index (χ0n) is 12.6. The van der Waals surface area contributed by atoms with Crippen molar-refractivity contribution in [1.82, 2.24) is 10.6 Å². The van der Waals surface area contributed by atoms with Crippen LogP contribution in [0.1, 0.15) is 18.4 Å². The molecule has 0 saturated heterocycles. The van der Waals surface area contributed by atoms with E-state index in [0.717, 1.165) is 18.4 Å². The van der Waals surface area contributed by atoms with Crippen LogP contribution in [0, 0.1) is 0 Å². The Hall–Kier alpha value is -1.60. The third-order valence-corrected chi connectivity index (χ3v) is 4.52. The van der Waals surface area contributed by atoms with Crippen LogP contribution in [0.25, 0.3) is 0 Å². The first kappa shape index (κ1) is 16.8. The van der Waals surface area contributed by atoms with Gasteiger partial charge in [0.2, 0.25) is 0 Å². The van der Waals surface area contributed by atoms with E-state index in [1.807, 2.05) is 30.3 Å². The van der Waals surface area contributed by atoms with Crippen LogP contribution in [0.5, 0.6) is 0 Å². The van der Waals surface area contributed by atoms with Gasteiger partial charge in [0.15, 0.2) is 0 Å². The van der Waals surface area contributed by atoms with Gasteiger partial charge in [-0.05, 0) is 18.4 Å². The lowest BCUT2D eigenvalue weighted by Crippen LogP contribution is -2.53. The van der Waals surface area contributed by atoms with Gasteiger partial charge in [0.1, 0.15) is 16.4 Å². The summed E-state index contributed by atoms with van der Waals surface area (Å²) in [5.74, 6) is 0.140. The molecular formula is C15H22N2O4S. The van der Waals surface area contributed by atoms with Crippen molar-refractivity contribution >= 4 is 15.9 Å². The van der Waals surface area contributed by atoms with E-state index in [2.05, 4.69) is 10.6 Å². The first-order valence-electron chi connectivity index (χ1n) is 7.31. The lowest BCUT2D eigenvalue weighted by atomic mass is 9.87. The average Bonchev–Trinajstić information content (AvgIpc) is 2.42. The number of sulfone groups is 1. The van der Waals surface area contributed by atoms with Gasteiger partial charge >= 0.3 is 6.09 Å². The van der Waals surface area contributed by atoms with Gasteiger partial charge in [-0.15, -0.1) is 0 Å². The summed E-state index contributed by atoms with van der Waals surface area (Å²) in [6.07, 6.45) is 2.40. The van der Waals surface area contributed by atoms with Crippen LogP contribution in [-0.2, 0) is 21.2 Å². The zero-order chi connectivity index (χ0) is 16.0. The Morgan fingerprint density at radius 2 is 1.91 bits per heavy atom. The van der Waals surface area contributed by atoms with Crippen LogP contribution in [-0.4, -0.2) is 45.1 Å². The fraction of sp³-hybridized carbons (Fsp3) is 0.533. The number of hydrogen-bond acceptors (Lipinski definition) is 5. The second kappa shape index (κ2) is 7.60. The van der Waals surface area contributed by atoms with E-state index < -0.39 is 15.9 Å². The number of rotatable bonds is 7. The first-order valence-corrected chi connectivity index (χ1v) is 9.37. The SMILES string of the molecule is CS(=O)(=O)CCNC1CC(NC(=O)OCc2ccccc2)C1. The highest BCUT2D eigenvalue weighted by molar-refractivity contribution is 7.90. The van der Waals surface area contributed by atoms with Crippen molar-refractivity contribution in [2.45, 2.75) is 31.5 Å². The van der Waals surface area contributed by atoms with Gasteiger partial charge in [-0.2, -0.15) is 0 Å². The van der Waals surface area contributed by atoms with Crippen LogP contribution in [0.15, 0.2) is 30.3 Å². The smallest absolute Gasteiger partial charge is 0.407 e. The maximum absolute atomic E-state index is 11.6. The molecule has 0 unspecified atom stereocenters. The van der Waals surface area contributed by atoms with Crippen molar-refractivity contribution in [3.05, 3.63) is 35.9 Å². The maximum atomic E-state index is 11.6. The first-order chi connectivity index (χ1) is 10.4. The summed E-state index contributed by atoms with van der Waals surface area (Å²) in [4.78, 5) is 11.6. The van der Waals surface area contributed by atoms with Crippen molar-refractivity contribution in [2.24, 2.45) is 0 Å². The monoisotopic (exact) mass is 326 g/mol. The van der Waals surface area contributed by atoms with Crippen LogP contribution in [0.2, 0.25) is 0 Å². The third kappa shape index (κ3) is 6.03. The number of carbonyl (C=O) groups is 1. The Morgan fingerprint density at radius 3 is 2.55 bits per heavy atom. The molecule has 1 saturated carbocycles. The lowest BCUT2D eigenvalue weighted by molar-refractivity contribution is 0.126. The predicted octanol–water partition coefficient (Wildman–Crippen LogP) is 1.08. The third-order valence-electron chi connectivity index (χ3n) is 3.58. The van der Waals surface area contributed by atoms with Crippen molar-refractivity contribution in [2.75, 3.05) is 18.6 Å².